The van der Waals surface area contributed by atoms with Gasteiger partial charge in [-0.25, -0.2) is 9.97 Å². The summed E-state index contributed by atoms with van der Waals surface area (Å²) in [7, 11) is 0. The quantitative estimate of drug-likeness (QED) is 0.291. The topological polar surface area (TPSA) is 108 Å². The Bertz CT molecular complexity index is 1170. The van der Waals surface area contributed by atoms with Gasteiger partial charge in [0, 0.05) is 55.7 Å². The second-order valence-electron chi connectivity index (χ2n) is 7.44. The highest BCUT2D eigenvalue weighted by Crippen LogP contribution is 2.24. The van der Waals surface area contributed by atoms with Crippen LogP contribution in [0.4, 0.5) is 11.6 Å². The number of amides is 2. The van der Waals surface area contributed by atoms with Gasteiger partial charge in [0.2, 0.25) is 5.91 Å². The minimum Gasteiger partial charge on any atom is -0.368 e. The summed E-state index contributed by atoms with van der Waals surface area (Å²) >= 11 is 0. The number of hydrogen-bond acceptors (Lipinski definition) is 6. The van der Waals surface area contributed by atoms with E-state index in [-0.39, 0.29) is 11.8 Å². The van der Waals surface area contributed by atoms with Crippen LogP contribution in [-0.2, 0) is 9.59 Å². The van der Waals surface area contributed by atoms with E-state index in [2.05, 4.69) is 43.1 Å². The Morgan fingerprint density at radius 2 is 1.35 bits per heavy atom. The van der Waals surface area contributed by atoms with E-state index in [4.69, 9.17) is 0 Å². The Labute approximate surface area is 199 Å². The zero-order valence-electron chi connectivity index (χ0n) is 19.3. The Morgan fingerprint density at radius 3 is 1.94 bits per heavy atom. The lowest BCUT2D eigenvalue weighted by Crippen LogP contribution is -2.28. The molecular formula is C26H28N6O2. The molecule has 8 nitrogen and oxygen atoms in total. The average Bonchev–Trinajstić information content (AvgIpc) is 2.85. The zero-order chi connectivity index (χ0) is 24.2. The van der Waals surface area contributed by atoms with Gasteiger partial charge in [-0.2, -0.15) is 0 Å². The smallest absolute Gasteiger partial charge is 0.296 e. The lowest BCUT2D eigenvalue weighted by molar-refractivity contribution is -0.119. The first-order valence-electron chi connectivity index (χ1n) is 11.0. The van der Waals surface area contributed by atoms with Crippen molar-refractivity contribution in [1.82, 2.24) is 20.6 Å². The van der Waals surface area contributed by atoms with Crippen molar-refractivity contribution in [2.75, 3.05) is 36.8 Å². The van der Waals surface area contributed by atoms with Gasteiger partial charge in [-0.05, 0) is 19.1 Å². The fourth-order valence-electron chi connectivity index (χ4n) is 3.05. The van der Waals surface area contributed by atoms with Crippen molar-refractivity contribution in [2.24, 2.45) is 0 Å². The summed E-state index contributed by atoms with van der Waals surface area (Å²) in [5.74, 6) is 6.94. The molecule has 3 rings (SSSR count). The number of aromatic nitrogens is 2. The van der Waals surface area contributed by atoms with E-state index in [1.807, 2.05) is 67.6 Å². The zero-order valence-corrected chi connectivity index (χ0v) is 19.3. The number of rotatable bonds is 9. The molecule has 0 radical (unpaired) electrons. The van der Waals surface area contributed by atoms with Crippen LogP contribution in [0.25, 0.3) is 11.4 Å². The van der Waals surface area contributed by atoms with Crippen LogP contribution in [0.5, 0.6) is 0 Å². The van der Waals surface area contributed by atoms with Crippen LogP contribution >= 0.6 is 0 Å². The van der Waals surface area contributed by atoms with E-state index in [0.29, 0.717) is 43.6 Å². The predicted molar refractivity (Wildman–Crippen MR) is 134 cm³/mol. The van der Waals surface area contributed by atoms with Gasteiger partial charge < -0.3 is 21.3 Å². The van der Waals surface area contributed by atoms with Gasteiger partial charge in [-0.15, -0.1) is 0 Å². The number of carbonyl (C=O) groups is 2. The van der Waals surface area contributed by atoms with Crippen LogP contribution in [0.15, 0.2) is 60.7 Å². The third-order valence-corrected chi connectivity index (χ3v) is 4.77. The molecule has 8 heteroatoms. The van der Waals surface area contributed by atoms with E-state index >= 15 is 0 Å². The van der Waals surface area contributed by atoms with Gasteiger partial charge in [-0.1, -0.05) is 54.5 Å². The van der Waals surface area contributed by atoms with Crippen molar-refractivity contribution in [3.63, 3.8) is 0 Å². The maximum absolute atomic E-state index is 12.0. The molecule has 34 heavy (non-hydrogen) atoms. The molecule has 0 aliphatic heterocycles. The normalized spacial score (nSPS) is 9.94. The van der Waals surface area contributed by atoms with Gasteiger partial charge >= 0.3 is 0 Å². The van der Waals surface area contributed by atoms with Crippen molar-refractivity contribution in [3.05, 3.63) is 71.8 Å². The Balaban J connectivity index is 1.63. The molecule has 3 aromatic rings. The van der Waals surface area contributed by atoms with Gasteiger partial charge in [-0.3, -0.25) is 9.59 Å². The number of nitrogens with zero attached hydrogens (tertiary/aromatic N) is 2. The van der Waals surface area contributed by atoms with E-state index < -0.39 is 0 Å². The highest BCUT2D eigenvalue weighted by atomic mass is 16.2. The van der Waals surface area contributed by atoms with E-state index in [0.717, 1.165) is 16.7 Å². The minimum absolute atomic E-state index is 0.0796. The third kappa shape index (κ3) is 7.64. The van der Waals surface area contributed by atoms with Gasteiger partial charge in [0.1, 0.15) is 11.6 Å². The molecule has 0 spiro atoms. The largest absolute Gasteiger partial charge is 0.368 e. The first kappa shape index (κ1) is 24.3. The fourth-order valence-corrected chi connectivity index (χ4v) is 3.05. The van der Waals surface area contributed by atoms with Crippen molar-refractivity contribution >= 4 is 23.5 Å². The minimum atomic E-state index is -0.338. The van der Waals surface area contributed by atoms with Crippen molar-refractivity contribution in [2.45, 2.75) is 13.8 Å². The summed E-state index contributed by atoms with van der Waals surface area (Å²) in [5, 5.41) is 12.1. The molecule has 0 bridgehead atoms. The monoisotopic (exact) mass is 456 g/mol. The second kappa shape index (κ2) is 12.6. The highest BCUT2D eigenvalue weighted by molar-refractivity contribution is 5.94. The molecule has 0 unspecified atom stereocenters. The molecule has 0 fully saturated rings. The maximum atomic E-state index is 12.0. The number of carbonyl (C=O) groups excluding carboxylic acids is 2. The first-order chi connectivity index (χ1) is 16.5. The highest BCUT2D eigenvalue weighted by Gasteiger charge is 2.12. The Kier molecular flexibility index (Phi) is 9.00. The molecule has 4 N–H and O–H groups in total. The lowest BCUT2D eigenvalue weighted by atomic mass is 10.2. The van der Waals surface area contributed by atoms with Crippen LogP contribution in [-0.4, -0.2) is 48.0 Å². The molecule has 2 amide bonds. The average molecular weight is 457 g/mol. The van der Waals surface area contributed by atoms with E-state index in [1.165, 1.54) is 6.92 Å². The molecule has 0 atom stereocenters. The lowest BCUT2D eigenvalue weighted by Gasteiger charge is -2.15. The number of nitrogens with one attached hydrogen (secondary N) is 4. The standard InChI is InChI=1S/C26H28N6O2/c1-19-24(29-17-15-27-20(2)33)31-26(22-11-7-4-8-12-22)32-25(19)30-18-16-28-23(34)14-13-21-9-5-3-6-10-21/h3-12H,15-18H2,1-2H3,(H,27,33)(H,28,34)(H2,29,30,31,32). The van der Waals surface area contributed by atoms with Crippen molar-refractivity contribution in [1.29, 1.82) is 0 Å². The second-order valence-corrected chi connectivity index (χ2v) is 7.44. The summed E-state index contributed by atoms with van der Waals surface area (Å²) in [6.45, 7) is 5.27. The molecule has 1 aromatic heterocycles. The van der Waals surface area contributed by atoms with Crippen molar-refractivity contribution in [3.8, 4) is 23.2 Å². The summed E-state index contributed by atoms with van der Waals surface area (Å²) in [5.41, 5.74) is 2.53. The number of benzene rings is 2. The summed E-state index contributed by atoms with van der Waals surface area (Å²) < 4.78 is 0. The molecular weight excluding hydrogens is 428 g/mol. The Hall–Kier alpha value is -4.38. The molecule has 0 saturated carbocycles. The molecule has 0 aliphatic carbocycles. The van der Waals surface area contributed by atoms with Crippen LogP contribution in [0.1, 0.15) is 18.1 Å². The van der Waals surface area contributed by atoms with Crippen LogP contribution < -0.4 is 21.3 Å². The van der Waals surface area contributed by atoms with E-state index in [9.17, 15) is 9.59 Å². The molecule has 1 heterocycles. The van der Waals surface area contributed by atoms with Gasteiger partial charge in [0.25, 0.3) is 5.91 Å². The number of anilines is 2. The van der Waals surface area contributed by atoms with Crippen LogP contribution in [0.3, 0.4) is 0 Å². The van der Waals surface area contributed by atoms with Crippen LogP contribution in [0.2, 0.25) is 0 Å². The van der Waals surface area contributed by atoms with E-state index in [1.54, 1.807) is 0 Å². The van der Waals surface area contributed by atoms with Crippen LogP contribution in [0, 0.1) is 18.8 Å². The summed E-state index contributed by atoms with van der Waals surface area (Å²) in [6, 6.07) is 19.1. The Morgan fingerprint density at radius 1 is 0.794 bits per heavy atom. The van der Waals surface area contributed by atoms with Gasteiger partial charge in [0.15, 0.2) is 5.82 Å². The molecule has 174 valence electrons. The SMILES string of the molecule is CC(=O)NCCNc1nc(-c2ccccc2)nc(NCCNC(=O)C#Cc2ccccc2)c1C. The van der Waals surface area contributed by atoms with Crippen molar-refractivity contribution < 1.29 is 9.59 Å². The van der Waals surface area contributed by atoms with Gasteiger partial charge in [0.05, 0.1) is 0 Å². The maximum Gasteiger partial charge on any atom is 0.296 e. The molecule has 0 saturated heterocycles. The molecule has 0 aliphatic rings. The fraction of sp³-hybridized carbons (Fsp3) is 0.231. The summed E-state index contributed by atoms with van der Waals surface area (Å²) in [4.78, 5) is 32.5. The first-order valence-corrected chi connectivity index (χ1v) is 11.0. The third-order valence-electron chi connectivity index (χ3n) is 4.77. The molecule has 2 aromatic carbocycles. The number of hydrogen-bond donors (Lipinski definition) is 4. The summed E-state index contributed by atoms with van der Waals surface area (Å²) in [6.07, 6.45) is 0. The predicted octanol–water partition coefficient (Wildman–Crippen LogP) is 2.58.